The lowest BCUT2D eigenvalue weighted by atomic mass is 10.1. The van der Waals surface area contributed by atoms with Gasteiger partial charge in [-0.3, -0.25) is 4.79 Å². The van der Waals surface area contributed by atoms with Crippen molar-refractivity contribution in [1.82, 2.24) is 16.0 Å². The fraction of sp³-hybridized carbons (Fsp3) is 0.297. The van der Waals surface area contributed by atoms with Gasteiger partial charge in [-0.05, 0) is 174 Å². The van der Waals surface area contributed by atoms with Gasteiger partial charge in [0.1, 0.15) is 28.7 Å². The molecule has 0 heterocycles. The van der Waals surface area contributed by atoms with Gasteiger partial charge in [0.25, 0.3) is 0 Å². The summed E-state index contributed by atoms with van der Waals surface area (Å²) in [5.74, 6) is -0.150. The largest absolute Gasteiger partial charge is 0.508 e. The monoisotopic (exact) mass is 1110 g/mol. The van der Waals surface area contributed by atoms with E-state index < -0.39 is 30.3 Å². The van der Waals surface area contributed by atoms with Crippen LogP contribution in [0.3, 0.4) is 0 Å². The van der Waals surface area contributed by atoms with Gasteiger partial charge in [-0.2, -0.15) is 0 Å². The van der Waals surface area contributed by atoms with Crippen molar-refractivity contribution in [3.05, 3.63) is 202 Å². The molecule has 81 heavy (non-hydrogen) atoms. The highest BCUT2D eigenvalue weighted by Crippen LogP contribution is 2.33. The minimum absolute atomic E-state index is 0.0381. The van der Waals surface area contributed by atoms with Crippen molar-refractivity contribution in [2.24, 2.45) is 0 Å². The summed E-state index contributed by atoms with van der Waals surface area (Å²) in [5.41, 5.74) is 6.74. The van der Waals surface area contributed by atoms with Gasteiger partial charge in [-0.1, -0.05) is 71.8 Å². The number of β-amino-alcohol motifs (C(OH)–C–C–N with tert-alkyl or cyclic N) is 1. The number of rotatable bonds is 22. The quantitative estimate of drug-likeness (QED) is 0.0131. The molecule has 0 aliphatic carbocycles. The number of phenolic OH excluding ortho intramolecular Hbond substituents is 4. The van der Waals surface area contributed by atoms with E-state index in [1.165, 1.54) is 42.0 Å². The van der Waals surface area contributed by atoms with Gasteiger partial charge in [0, 0.05) is 43.3 Å². The van der Waals surface area contributed by atoms with E-state index in [0.29, 0.717) is 53.9 Å². The topological polar surface area (TPSA) is 269 Å². The number of carbonyl (C=O) groups excluding carboxylic acids is 3. The summed E-state index contributed by atoms with van der Waals surface area (Å²) in [6.45, 7) is 14.9. The molecule has 0 spiro atoms. The van der Waals surface area contributed by atoms with Crippen LogP contribution < -0.4 is 35.5 Å². The predicted octanol–water partition coefficient (Wildman–Crippen LogP) is 9.44. The molecule has 1 amide bonds. The Kier molecular flexibility index (Phi) is 24.2. The zero-order valence-electron chi connectivity index (χ0n) is 47.0. The molecule has 17 nitrogen and oxygen atoms in total. The predicted molar refractivity (Wildman–Crippen MR) is 312 cm³/mol. The van der Waals surface area contributed by atoms with Crippen LogP contribution in [0.25, 0.3) is 0 Å². The Balaban J connectivity index is 0.000000230. The summed E-state index contributed by atoms with van der Waals surface area (Å²) >= 11 is 0. The molecule has 3 unspecified atom stereocenters. The maximum Gasteiger partial charge on any atom is 0.343 e. The normalized spacial score (nSPS) is 12.9. The highest BCUT2D eigenvalue weighted by Gasteiger charge is 2.21. The minimum Gasteiger partial charge on any atom is -0.508 e. The molecule has 11 N–H and O–H groups in total. The highest BCUT2D eigenvalue weighted by atomic mass is 16.6. The Morgan fingerprint density at radius 1 is 0.531 bits per heavy atom. The number of anilines is 1. The third-order valence-corrected chi connectivity index (χ3v) is 12.6. The zero-order valence-corrected chi connectivity index (χ0v) is 47.0. The van der Waals surface area contributed by atoms with Gasteiger partial charge in [-0.25, -0.2) is 9.59 Å². The lowest BCUT2D eigenvalue weighted by Crippen LogP contribution is -2.38. The number of aliphatic hydroxyl groups is 3. The maximum absolute atomic E-state index is 12.8. The molecule has 7 rings (SSSR count). The molecule has 0 aromatic heterocycles. The van der Waals surface area contributed by atoms with Gasteiger partial charge < -0.3 is 71.2 Å². The minimum atomic E-state index is -0.849. The summed E-state index contributed by atoms with van der Waals surface area (Å²) < 4.78 is 16.3. The molecule has 0 fully saturated rings. The van der Waals surface area contributed by atoms with E-state index >= 15 is 0 Å². The molecular formula is C64H76N4O13. The van der Waals surface area contributed by atoms with Crippen molar-refractivity contribution >= 4 is 24.0 Å². The molecule has 0 radical (unpaired) electrons. The number of ether oxygens (including phenoxy) is 3. The van der Waals surface area contributed by atoms with E-state index in [9.17, 15) is 50.1 Å². The molecule has 17 heteroatoms. The number of amides is 1. The highest BCUT2D eigenvalue weighted by molar-refractivity contribution is 5.93. The maximum atomic E-state index is 12.8. The van der Waals surface area contributed by atoms with Crippen LogP contribution in [-0.4, -0.2) is 98.5 Å². The van der Waals surface area contributed by atoms with Gasteiger partial charge in [0.15, 0.2) is 11.5 Å². The fourth-order valence-electron chi connectivity index (χ4n) is 7.97. The van der Waals surface area contributed by atoms with E-state index in [-0.39, 0.29) is 57.8 Å². The first-order chi connectivity index (χ1) is 38.5. The first kappa shape index (κ1) is 63.5. The Labute approximate surface area is 473 Å². The molecule has 0 saturated heterocycles. The Morgan fingerprint density at radius 3 is 1.48 bits per heavy atom. The first-order valence-corrected chi connectivity index (χ1v) is 26.4. The van der Waals surface area contributed by atoms with Crippen molar-refractivity contribution in [1.29, 1.82) is 0 Å². The molecule has 5 atom stereocenters. The SMILES string of the molecule is CC(Cc1ccc(O)cc1)NCC(O)c1cc(O)cc(O)c1.COc1ccc(C[C@@H](C)NC[C@H](O)c2ccc(O)c(NC=O)c2)cc1.Cc1ccc(C(=O)Oc2ccc(C(O)CNC(C)(C)C)cc2OC(=O)c2ccc(C)cc2)cc1. The van der Waals surface area contributed by atoms with E-state index in [0.717, 1.165) is 35.3 Å². The second-order valence-corrected chi connectivity index (χ2v) is 20.8. The van der Waals surface area contributed by atoms with Crippen LogP contribution in [0.2, 0.25) is 0 Å². The lowest BCUT2D eigenvalue weighted by Gasteiger charge is -2.23. The number of methoxy groups -OCH3 is 1. The Morgan fingerprint density at radius 2 is 0.988 bits per heavy atom. The van der Waals surface area contributed by atoms with Crippen LogP contribution in [0.4, 0.5) is 5.69 Å². The molecule has 0 bridgehead atoms. The average molecular weight is 1110 g/mol. The second-order valence-electron chi connectivity index (χ2n) is 20.8. The van der Waals surface area contributed by atoms with Crippen molar-refractivity contribution in [3.63, 3.8) is 0 Å². The Bertz CT molecular complexity index is 3070. The smallest absolute Gasteiger partial charge is 0.343 e. The lowest BCUT2D eigenvalue weighted by molar-refractivity contribution is -0.105. The van der Waals surface area contributed by atoms with E-state index in [2.05, 4.69) is 21.3 Å². The van der Waals surface area contributed by atoms with Crippen LogP contribution in [-0.2, 0) is 17.6 Å². The second kappa shape index (κ2) is 30.9. The van der Waals surface area contributed by atoms with Gasteiger partial charge in [0.2, 0.25) is 6.41 Å². The van der Waals surface area contributed by atoms with Crippen molar-refractivity contribution in [3.8, 4) is 40.2 Å². The van der Waals surface area contributed by atoms with Gasteiger partial charge >= 0.3 is 11.9 Å². The number of hydrogen-bond donors (Lipinski definition) is 11. The first-order valence-electron chi connectivity index (χ1n) is 26.4. The summed E-state index contributed by atoms with van der Waals surface area (Å²) in [6, 6.07) is 42.6. The van der Waals surface area contributed by atoms with Crippen LogP contribution in [0.5, 0.6) is 40.2 Å². The summed E-state index contributed by atoms with van der Waals surface area (Å²) in [5, 5.41) is 81.0. The van der Waals surface area contributed by atoms with Crippen LogP contribution in [0.1, 0.15) is 113 Å². The number of phenols is 4. The summed E-state index contributed by atoms with van der Waals surface area (Å²) in [4.78, 5) is 36.0. The van der Waals surface area contributed by atoms with Crippen LogP contribution >= 0.6 is 0 Å². The third kappa shape index (κ3) is 21.7. The third-order valence-electron chi connectivity index (χ3n) is 12.6. The standard InChI is InChI=1S/C28H31NO5.C19H24N2O4.C17H21NO4/c1-18-6-10-20(11-7-18)26(31)33-24-15-14-22(23(30)17-29-28(3,4)5)16-25(24)34-27(32)21-12-8-19(2)9-13-21;1-13(9-14-3-6-16(25-2)7-4-14)20-11-19(24)15-5-8-18(23)17(10-15)21-12-22;1-11(6-12-2-4-14(19)5-3-12)18-10-17(22)13-7-15(20)9-16(21)8-13/h6-16,23,29-30H,17H2,1-5H3;3-8,10,12-13,19-20,23-24H,9,11H2,1-2H3,(H,21,22);2-5,7-9,11,17-22H,6,10H2,1H3/t;13-,19+;/m.1./s1. The van der Waals surface area contributed by atoms with Gasteiger partial charge in [-0.15, -0.1) is 0 Å². The summed E-state index contributed by atoms with van der Waals surface area (Å²) in [6.07, 6.45) is -0.340. The number of aryl methyl sites for hydroxylation is 2. The average Bonchev–Trinajstić information content (AvgIpc) is 3.43. The van der Waals surface area contributed by atoms with Crippen molar-refractivity contribution < 1.29 is 64.3 Å². The molecule has 0 saturated carbocycles. The fourth-order valence-corrected chi connectivity index (χ4v) is 7.97. The molecule has 0 aliphatic heterocycles. The number of hydrogen-bond acceptors (Lipinski definition) is 16. The Hall–Kier alpha value is -8.29. The number of aromatic hydroxyl groups is 4. The number of carbonyl (C=O) groups is 3. The van der Waals surface area contributed by atoms with E-state index in [4.69, 9.17) is 14.2 Å². The number of aliphatic hydroxyl groups excluding tert-OH is 3. The van der Waals surface area contributed by atoms with E-state index in [1.54, 1.807) is 61.7 Å². The molecule has 7 aromatic carbocycles. The summed E-state index contributed by atoms with van der Waals surface area (Å²) in [7, 11) is 1.64. The van der Waals surface area contributed by atoms with Crippen LogP contribution in [0.15, 0.2) is 152 Å². The van der Waals surface area contributed by atoms with Crippen molar-refractivity contribution in [2.75, 3.05) is 32.1 Å². The van der Waals surface area contributed by atoms with Crippen molar-refractivity contribution in [2.45, 2.75) is 97.2 Å². The molecule has 430 valence electrons. The zero-order chi connectivity index (χ0) is 59.2. The van der Waals surface area contributed by atoms with Gasteiger partial charge in [0.05, 0.1) is 42.2 Å². The van der Waals surface area contributed by atoms with E-state index in [1.807, 2.05) is 109 Å². The van der Waals surface area contributed by atoms with Crippen LogP contribution in [0, 0.1) is 13.8 Å². The molecular weight excluding hydrogens is 1030 g/mol. The number of esters is 2. The molecule has 0 aliphatic rings. The molecule has 7 aromatic rings. The number of nitrogens with one attached hydrogen (secondary N) is 4. The number of benzene rings is 7.